The molecule has 0 fully saturated rings. The number of benzene rings is 7. The van der Waals surface area contributed by atoms with Gasteiger partial charge in [0, 0.05) is 21.9 Å². The van der Waals surface area contributed by atoms with Crippen molar-refractivity contribution in [2.75, 3.05) is 0 Å². The molecule has 11 rings (SSSR count). The minimum Gasteiger partial charge on any atom is -0.309 e. The SMILES string of the molecule is c1ccc(-c2cc(-c3ccc4c(c3)-n3c5ccccc5c5cccc(c53)C43c4ccccc4-c4ccccc43)cc(-c3ccccc3)n2)cc1. The highest BCUT2D eigenvalue weighted by atomic mass is 15.0. The zero-order chi connectivity index (χ0) is 32.8. The molecule has 50 heavy (non-hydrogen) atoms. The van der Waals surface area contributed by atoms with E-state index < -0.39 is 5.41 Å². The molecule has 0 radical (unpaired) electrons. The summed E-state index contributed by atoms with van der Waals surface area (Å²) in [4.78, 5) is 5.18. The van der Waals surface area contributed by atoms with Gasteiger partial charge >= 0.3 is 0 Å². The molecule has 0 unspecified atom stereocenters. The van der Waals surface area contributed by atoms with Crippen molar-refractivity contribution >= 4 is 21.8 Å². The maximum absolute atomic E-state index is 5.18. The largest absolute Gasteiger partial charge is 0.309 e. The normalized spacial score (nSPS) is 13.4. The average molecular weight is 635 g/mol. The number of hydrogen-bond acceptors (Lipinski definition) is 1. The molecule has 2 aliphatic rings. The average Bonchev–Trinajstić information content (AvgIpc) is 3.69. The molecule has 2 nitrogen and oxygen atoms in total. The Morgan fingerprint density at radius 1 is 0.380 bits per heavy atom. The fourth-order valence-corrected chi connectivity index (χ4v) is 8.96. The van der Waals surface area contributed by atoms with Crippen molar-refractivity contribution in [3.8, 4) is 50.5 Å². The Morgan fingerprint density at radius 2 is 0.940 bits per heavy atom. The molecule has 9 aromatic rings. The Labute approximate surface area is 290 Å². The summed E-state index contributed by atoms with van der Waals surface area (Å²) in [6.45, 7) is 0. The summed E-state index contributed by atoms with van der Waals surface area (Å²) >= 11 is 0. The third-order valence-electron chi connectivity index (χ3n) is 11.0. The topological polar surface area (TPSA) is 17.8 Å². The van der Waals surface area contributed by atoms with Gasteiger partial charge in [-0.15, -0.1) is 0 Å². The summed E-state index contributed by atoms with van der Waals surface area (Å²) in [5.41, 5.74) is 17.7. The monoisotopic (exact) mass is 634 g/mol. The van der Waals surface area contributed by atoms with Crippen molar-refractivity contribution in [3.63, 3.8) is 0 Å². The molecule has 0 amide bonds. The quantitative estimate of drug-likeness (QED) is 0.189. The second kappa shape index (κ2) is 10.2. The minimum absolute atomic E-state index is 0.451. The molecule has 7 aromatic carbocycles. The van der Waals surface area contributed by atoms with Crippen LogP contribution in [-0.2, 0) is 5.41 Å². The lowest BCUT2D eigenvalue weighted by molar-refractivity contribution is 0.748. The maximum atomic E-state index is 5.18. The van der Waals surface area contributed by atoms with Crippen LogP contribution < -0.4 is 0 Å². The predicted molar refractivity (Wildman–Crippen MR) is 206 cm³/mol. The molecule has 1 aliphatic carbocycles. The van der Waals surface area contributed by atoms with Crippen LogP contribution in [0.3, 0.4) is 0 Å². The number of hydrogen-bond donors (Lipinski definition) is 0. The van der Waals surface area contributed by atoms with E-state index in [1.54, 1.807) is 0 Å². The van der Waals surface area contributed by atoms with E-state index in [1.807, 2.05) is 0 Å². The van der Waals surface area contributed by atoms with Crippen molar-refractivity contribution < 1.29 is 0 Å². The molecular weight excluding hydrogens is 605 g/mol. The lowest BCUT2D eigenvalue weighted by Gasteiger charge is -2.39. The van der Waals surface area contributed by atoms with Crippen LogP contribution in [0, 0.1) is 0 Å². The van der Waals surface area contributed by atoms with Gasteiger partial charge in [0.15, 0.2) is 0 Å². The van der Waals surface area contributed by atoms with Crippen molar-refractivity contribution in [2.24, 2.45) is 0 Å². The Hall–Kier alpha value is -6.51. The number of aromatic nitrogens is 2. The van der Waals surface area contributed by atoms with Crippen LogP contribution >= 0.6 is 0 Å². The van der Waals surface area contributed by atoms with Gasteiger partial charge < -0.3 is 4.57 Å². The van der Waals surface area contributed by atoms with E-state index in [2.05, 4.69) is 187 Å². The van der Waals surface area contributed by atoms with E-state index in [4.69, 9.17) is 4.98 Å². The summed E-state index contributed by atoms with van der Waals surface area (Å²) in [6.07, 6.45) is 0. The molecule has 0 saturated heterocycles. The summed E-state index contributed by atoms with van der Waals surface area (Å²) in [5, 5.41) is 2.57. The van der Waals surface area contributed by atoms with Crippen molar-refractivity contribution in [1.82, 2.24) is 9.55 Å². The van der Waals surface area contributed by atoms with E-state index in [1.165, 1.54) is 66.4 Å². The van der Waals surface area contributed by atoms with Crippen LogP contribution in [-0.4, -0.2) is 9.55 Å². The lowest BCUT2D eigenvalue weighted by atomic mass is 9.65. The van der Waals surface area contributed by atoms with Gasteiger partial charge in [0.25, 0.3) is 0 Å². The Balaban J connectivity index is 1.26. The highest BCUT2D eigenvalue weighted by Gasteiger charge is 2.50. The first-order valence-electron chi connectivity index (χ1n) is 17.3. The molecule has 232 valence electrons. The Kier molecular flexibility index (Phi) is 5.62. The van der Waals surface area contributed by atoms with E-state index in [0.29, 0.717) is 0 Å². The first-order chi connectivity index (χ1) is 24.8. The first kappa shape index (κ1) is 27.4. The standard InChI is InChI=1S/C48H30N2/c1-3-14-31(15-4-1)43-28-34(29-44(49-43)32-16-5-2-6-17-32)33-26-27-41-46(30-33)50-45-25-12-9-20-37(45)38-21-13-24-42(47(38)50)48(41)39-22-10-7-18-35(39)36-19-8-11-23-40(36)48/h1-30H. The molecule has 0 bridgehead atoms. The number of rotatable bonds is 3. The van der Waals surface area contributed by atoms with Crippen LogP contribution in [0.1, 0.15) is 22.3 Å². The van der Waals surface area contributed by atoms with Gasteiger partial charge in [0.05, 0.1) is 33.5 Å². The van der Waals surface area contributed by atoms with E-state index in [9.17, 15) is 0 Å². The molecule has 2 aromatic heterocycles. The Morgan fingerprint density at radius 3 is 1.62 bits per heavy atom. The molecule has 3 heterocycles. The lowest BCUT2D eigenvalue weighted by Crippen LogP contribution is -2.33. The van der Waals surface area contributed by atoms with Crippen LogP contribution in [0.4, 0.5) is 0 Å². The number of nitrogens with zero attached hydrogens (tertiary/aromatic N) is 2. The molecule has 1 spiro atoms. The smallest absolute Gasteiger partial charge is 0.0754 e. The van der Waals surface area contributed by atoms with E-state index in [-0.39, 0.29) is 0 Å². The highest BCUT2D eigenvalue weighted by Crippen LogP contribution is 2.61. The van der Waals surface area contributed by atoms with Gasteiger partial charge in [-0.25, -0.2) is 4.98 Å². The Bertz CT molecular complexity index is 2700. The fourth-order valence-electron chi connectivity index (χ4n) is 8.96. The van der Waals surface area contributed by atoms with Gasteiger partial charge in [0.2, 0.25) is 0 Å². The molecule has 0 N–H and O–H groups in total. The van der Waals surface area contributed by atoms with Gasteiger partial charge in [0.1, 0.15) is 0 Å². The molecule has 2 heteroatoms. The second-order valence-corrected chi connectivity index (χ2v) is 13.5. The fraction of sp³-hybridized carbons (Fsp3) is 0.0208. The van der Waals surface area contributed by atoms with Gasteiger partial charge in [-0.05, 0) is 68.8 Å². The number of para-hydroxylation sites is 2. The summed E-state index contributed by atoms with van der Waals surface area (Å²) in [6, 6.07) is 66.6. The molecule has 0 atom stereocenters. The van der Waals surface area contributed by atoms with Gasteiger partial charge in [-0.2, -0.15) is 0 Å². The van der Waals surface area contributed by atoms with Crippen molar-refractivity contribution in [1.29, 1.82) is 0 Å². The third kappa shape index (κ3) is 3.60. The summed E-state index contributed by atoms with van der Waals surface area (Å²) in [5.74, 6) is 0. The predicted octanol–water partition coefficient (Wildman–Crippen LogP) is 11.9. The van der Waals surface area contributed by atoms with Gasteiger partial charge in [-0.3, -0.25) is 0 Å². The molecule has 1 aliphatic heterocycles. The van der Waals surface area contributed by atoms with Crippen LogP contribution in [0.15, 0.2) is 182 Å². The summed E-state index contributed by atoms with van der Waals surface area (Å²) in [7, 11) is 0. The van der Waals surface area contributed by atoms with Gasteiger partial charge in [-0.1, -0.05) is 158 Å². The summed E-state index contributed by atoms with van der Waals surface area (Å²) < 4.78 is 2.53. The molecular formula is C48H30N2. The van der Waals surface area contributed by atoms with Crippen LogP contribution in [0.5, 0.6) is 0 Å². The van der Waals surface area contributed by atoms with E-state index >= 15 is 0 Å². The van der Waals surface area contributed by atoms with Crippen molar-refractivity contribution in [2.45, 2.75) is 5.41 Å². The minimum atomic E-state index is -0.451. The van der Waals surface area contributed by atoms with Crippen LogP contribution in [0.25, 0.3) is 72.3 Å². The zero-order valence-electron chi connectivity index (χ0n) is 27.2. The highest BCUT2D eigenvalue weighted by molar-refractivity contribution is 6.13. The first-order valence-corrected chi connectivity index (χ1v) is 17.3. The number of pyridine rings is 1. The molecule has 0 saturated carbocycles. The number of fused-ring (bicyclic) bond motifs is 12. The second-order valence-electron chi connectivity index (χ2n) is 13.5. The maximum Gasteiger partial charge on any atom is 0.0754 e. The van der Waals surface area contributed by atoms with E-state index in [0.717, 1.165) is 28.1 Å². The zero-order valence-corrected chi connectivity index (χ0v) is 27.2. The van der Waals surface area contributed by atoms with Crippen LogP contribution in [0.2, 0.25) is 0 Å². The van der Waals surface area contributed by atoms with Crippen molar-refractivity contribution in [3.05, 3.63) is 204 Å². The third-order valence-corrected chi connectivity index (χ3v) is 11.0.